The number of hydrogen-bond donors (Lipinski definition) is 0. The van der Waals surface area contributed by atoms with Crippen molar-refractivity contribution in [3.05, 3.63) is 42.0 Å². The number of aryl methyl sites for hydroxylation is 1. The molecule has 1 aliphatic rings. The van der Waals surface area contributed by atoms with E-state index >= 15 is 0 Å². The van der Waals surface area contributed by atoms with Gasteiger partial charge in [0.15, 0.2) is 0 Å². The van der Waals surface area contributed by atoms with E-state index in [-0.39, 0.29) is 23.7 Å². The lowest BCUT2D eigenvalue weighted by atomic mass is 9.74. The summed E-state index contributed by atoms with van der Waals surface area (Å²) in [5, 5.41) is 8.30. The molecule has 2 heterocycles. The van der Waals surface area contributed by atoms with Crippen LogP contribution in [0.3, 0.4) is 0 Å². The van der Waals surface area contributed by atoms with E-state index in [1.807, 2.05) is 17.7 Å². The molecule has 0 N–H and O–H groups in total. The zero-order valence-corrected chi connectivity index (χ0v) is 15.6. The molecule has 6 heteroatoms. The summed E-state index contributed by atoms with van der Waals surface area (Å²) >= 11 is 0. The molecule has 0 saturated carbocycles. The summed E-state index contributed by atoms with van der Waals surface area (Å²) < 4.78 is 14.3. The Morgan fingerprint density at radius 3 is 2.25 bits per heavy atom. The van der Waals surface area contributed by atoms with Crippen molar-refractivity contribution in [3.8, 4) is 0 Å². The summed E-state index contributed by atoms with van der Waals surface area (Å²) in [7, 11) is 1.61. The van der Waals surface area contributed by atoms with Crippen molar-refractivity contribution < 1.29 is 9.31 Å². The Labute approximate surface area is 144 Å². The molecule has 1 saturated heterocycles. The van der Waals surface area contributed by atoms with Gasteiger partial charge in [-0.15, -0.1) is 10.2 Å². The third-order valence-corrected chi connectivity index (χ3v) is 5.40. The van der Waals surface area contributed by atoms with Crippen LogP contribution in [0.25, 0.3) is 0 Å². The summed E-state index contributed by atoms with van der Waals surface area (Å²) in [6.45, 7) is 12.6. The summed E-state index contributed by atoms with van der Waals surface area (Å²) in [6.07, 6.45) is 1.73. The summed E-state index contributed by atoms with van der Waals surface area (Å²) in [6, 6.07) is 8.37. The van der Waals surface area contributed by atoms with Crippen LogP contribution < -0.4 is 5.46 Å². The van der Waals surface area contributed by atoms with Crippen LogP contribution in [0.2, 0.25) is 0 Å². The van der Waals surface area contributed by atoms with Gasteiger partial charge in [0.1, 0.15) is 12.2 Å². The Kier molecular flexibility index (Phi) is 3.88. The summed E-state index contributed by atoms with van der Waals surface area (Å²) in [5.74, 6) is 0.925. The highest BCUT2D eigenvalue weighted by atomic mass is 16.7. The molecule has 5 nitrogen and oxygen atoms in total. The van der Waals surface area contributed by atoms with Gasteiger partial charge in [-0.3, -0.25) is 0 Å². The van der Waals surface area contributed by atoms with Crippen LogP contribution in [0.15, 0.2) is 30.6 Å². The van der Waals surface area contributed by atoms with Crippen molar-refractivity contribution in [1.82, 2.24) is 14.8 Å². The lowest BCUT2D eigenvalue weighted by Gasteiger charge is -2.32. The molecule has 0 aliphatic carbocycles. The quantitative estimate of drug-likeness (QED) is 0.813. The lowest BCUT2D eigenvalue weighted by molar-refractivity contribution is 0.00578. The van der Waals surface area contributed by atoms with Crippen LogP contribution in [0.4, 0.5) is 0 Å². The van der Waals surface area contributed by atoms with Gasteiger partial charge in [0.25, 0.3) is 0 Å². The van der Waals surface area contributed by atoms with E-state index < -0.39 is 0 Å². The first-order valence-electron chi connectivity index (χ1n) is 8.35. The number of hydrogen-bond acceptors (Lipinski definition) is 4. The van der Waals surface area contributed by atoms with E-state index in [1.165, 1.54) is 0 Å². The predicted molar refractivity (Wildman–Crippen MR) is 95.3 cm³/mol. The maximum Gasteiger partial charge on any atom is 0.494 e. The summed E-state index contributed by atoms with van der Waals surface area (Å²) in [4.78, 5) is 0. The second-order valence-electron chi connectivity index (χ2n) is 8.10. The highest BCUT2D eigenvalue weighted by molar-refractivity contribution is 6.62. The molecule has 0 amide bonds. The monoisotopic (exact) mass is 327 g/mol. The molecule has 1 aromatic carbocycles. The first-order valence-corrected chi connectivity index (χ1v) is 8.35. The van der Waals surface area contributed by atoms with Crippen LogP contribution in [-0.2, 0) is 21.8 Å². The van der Waals surface area contributed by atoms with Crippen LogP contribution in [0.5, 0.6) is 0 Å². The Morgan fingerprint density at radius 1 is 1.08 bits per heavy atom. The first kappa shape index (κ1) is 17.2. The molecule has 2 aromatic rings. The van der Waals surface area contributed by atoms with E-state index in [0.29, 0.717) is 0 Å². The molecule has 0 spiro atoms. The normalized spacial score (nSPS) is 19.7. The van der Waals surface area contributed by atoms with Crippen molar-refractivity contribution in [3.63, 3.8) is 0 Å². The predicted octanol–water partition coefficient (Wildman–Crippen LogP) is 2.44. The van der Waals surface area contributed by atoms with Crippen molar-refractivity contribution in [2.24, 2.45) is 7.05 Å². The molecule has 0 atom stereocenters. The fourth-order valence-electron chi connectivity index (χ4n) is 3.03. The Hall–Kier alpha value is -1.66. The molecule has 1 aliphatic heterocycles. The van der Waals surface area contributed by atoms with Crippen molar-refractivity contribution in [2.45, 2.75) is 58.2 Å². The van der Waals surface area contributed by atoms with E-state index in [2.05, 4.69) is 69.9 Å². The van der Waals surface area contributed by atoms with Gasteiger partial charge < -0.3 is 13.9 Å². The fourth-order valence-corrected chi connectivity index (χ4v) is 3.03. The van der Waals surface area contributed by atoms with E-state index in [1.54, 1.807) is 6.33 Å². The van der Waals surface area contributed by atoms with Crippen molar-refractivity contribution >= 4 is 12.6 Å². The molecule has 128 valence electrons. The molecular formula is C18H26BN3O2. The Morgan fingerprint density at radius 2 is 1.71 bits per heavy atom. The third-order valence-electron chi connectivity index (χ3n) is 5.40. The van der Waals surface area contributed by atoms with E-state index in [0.717, 1.165) is 16.9 Å². The number of nitrogens with zero attached hydrogens (tertiary/aromatic N) is 3. The topological polar surface area (TPSA) is 49.2 Å². The van der Waals surface area contributed by atoms with Gasteiger partial charge in [0, 0.05) is 12.5 Å². The van der Waals surface area contributed by atoms with E-state index in [9.17, 15) is 0 Å². The third kappa shape index (κ3) is 2.68. The summed E-state index contributed by atoms with van der Waals surface area (Å²) in [5.41, 5.74) is 1.25. The minimum atomic E-state index is -0.356. The maximum atomic E-state index is 6.18. The standard InChI is InChI=1S/C18H26BN3O2/c1-16(2,15-21-20-12-22(15)7)13-9-8-10-14(11-13)19-23-17(3,4)18(5,6)24-19/h8-12H,1-7H3. The second-order valence-corrected chi connectivity index (χ2v) is 8.10. The molecule has 1 fully saturated rings. The van der Waals surface area contributed by atoms with Gasteiger partial charge in [0.05, 0.1) is 11.2 Å². The van der Waals surface area contributed by atoms with Crippen LogP contribution >= 0.6 is 0 Å². The minimum absolute atomic E-state index is 0.259. The van der Waals surface area contributed by atoms with Gasteiger partial charge in [0.2, 0.25) is 0 Å². The molecule has 1 aromatic heterocycles. The molecule has 3 rings (SSSR count). The van der Waals surface area contributed by atoms with Gasteiger partial charge >= 0.3 is 7.12 Å². The largest absolute Gasteiger partial charge is 0.494 e. The van der Waals surface area contributed by atoms with Gasteiger partial charge in [-0.05, 0) is 52.6 Å². The zero-order chi connectivity index (χ0) is 17.8. The SMILES string of the molecule is Cn1cnnc1C(C)(C)c1cccc(B2OC(C)(C)C(C)(C)O2)c1. The van der Waals surface area contributed by atoms with Crippen molar-refractivity contribution in [1.29, 1.82) is 0 Å². The average molecular weight is 327 g/mol. The maximum absolute atomic E-state index is 6.18. The van der Waals surface area contributed by atoms with Gasteiger partial charge in [-0.1, -0.05) is 24.3 Å². The highest BCUT2D eigenvalue weighted by Gasteiger charge is 2.51. The van der Waals surface area contributed by atoms with Gasteiger partial charge in [-0.25, -0.2) is 0 Å². The first-order chi connectivity index (χ1) is 11.0. The smallest absolute Gasteiger partial charge is 0.399 e. The molecule has 0 unspecified atom stereocenters. The molecular weight excluding hydrogens is 301 g/mol. The molecule has 24 heavy (non-hydrogen) atoms. The zero-order valence-electron chi connectivity index (χ0n) is 15.6. The Bertz CT molecular complexity index is 736. The fraction of sp³-hybridized carbons (Fsp3) is 0.556. The Balaban J connectivity index is 1.95. The molecule has 0 bridgehead atoms. The van der Waals surface area contributed by atoms with Crippen LogP contribution in [-0.4, -0.2) is 33.1 Å². The molecule has 0 radical (unpaired) electrons. The number of benzene rings is 1. The van der Waals surface area contributed by atoms with Gasteiger partial charge in [-0.2, -0.15) is 0 Å². The number of aromatic nitrogens is 3. The highest BCUT2D eigenvalue weighted by Crippen LogP contribution is 2.37. The average Bonchev–Trinajstić information content (AvgIpc) is 3.01. The van der Waals surface area contributed by atoms with E-state index in [4.69, 9.17) is 9.31 Å². The second kappa shape index (κ2) is 5.43. The minimum Gasteiger partial charge on any atom is -0.399 e. The lowest BCUT2D eigenvalue weighted by Crippen LogP contribution is -2.41. The van der Waals surface area contributed by atoms with Crippen LogP contribution in [0, 0.1) is 0 Å². The van der Waals surface area contributed by atoms with Crippen LogP contribution in [0.1, 0.15) is 52.9 Å². The van der Waals surface area contributed by atoms with Crippen molar-refractivity contribution in [2.75, 3.05) is 0 Å². The number of rotatable bonds is 3.